The van der Waals surface area contributed by atoms with Crippen molar-refractivity contribution >= 4 is 17.7 Å². The minimum atomic E-state index is -0.861. The molecule has 1 atom stereocenters. The molecule has 1 aliphatic rings. The van der Waals surface area contributed by atoms with Gasteiger partial charge in [-0.25, -0.2) is 8.78 Å². The lowest BCUT2D eigenvalue weighted by Crippen LogP contribution is -2.46. The van der Waals surface area contributed by atoms with Gasteiger partial charge in [0.15, 0.2) is 11.6 Å². The SMILES string of the molecule is O=C1CC(Sc2ccc(F)c(F)c2)N1. The Morgan fingerprint density at radius 1 is 1.36 bits per heavy atom. The summed E-state index contributed by atoms with van der Waals surface area (Å²) in [6.45, 7) is 0. The Labute approximate surface area is 83.7 Å². The van der Waals surface area contributed by atoms with Crippen LogP contribution in [0.5, 0.6) is 0 Å². The smallest absolute Gasteiger partial charge is 0.223 e. The molecule has 1 saturated heterocycles. The third-order valence-corrected chi connectivity index (χ3v) is 2.96. The lowest BCUT2D eigenvalue weighted by molar-refractivity contribution is -0.126. The summed E-state index contributed by atoms with van der Waals surface area (Å²) in [7, 11) is 0. The number of benzene rings is 1. The molecule has 1 fully saturated rings. The summed E-state index contributed by atoms with van der Waals surface area (Å²) < 4.78 is 25.3. The van der Waals surface area contributed by atoms with E-state index in [-0.39, 0.29) is 11.3 Å². The molecule has 1 aliphatic heterocycles. The number of halogens is 2. The van der Waals surface area contributed by atoms with Crippen LogP contribution in [0, 0.1) is 11.6 Å². The molecule has 2 nitrogen and oxygen atoms in total. The van der Waals surface area contributed by atoms with E-state index in [1.165, 1.54) is 17.8 Å². The van der Waals surface area contributed by atoms with Gasteiger partial charge in [-0.1, -0.05) is 0 Å². The van der Waals surface area contributed by atoms with E-state index >= 15 is 0 Å². The minimum Gasteiger partial charge on any atom is -0.343 e. The van der Waals surface area contributed by atoms with Gasteiger partial charge in [-0.2, -0.15) is 0 Å². The van der Waals surface area contributed by atoms with Gasteiger partial charge in [-0.05, 0) is 18.2 Å². The zero-order valence-electron chi connectivity index (χ0n) is 7.09. The first kappa shape index (κ1) is 9.45. The molecule has 14 heavy (non-hydrogen) atoms. The highest BCUT2D eigenvalue weighted by Gasteiger charge is 2.26. The Hall–Kier alpha value is -1.10. The van der Waals surface area contributed by atoms with Crippen molar-refractivity contribution in [2.45, 2.75) is 16.7 Å². The third-order valence-electron chi connectivity index (χ3n) is 1.86. The first-order chi connectivity index (χ1) is 6.65. The Bertz CT molecular complexity index is 375. The van der Waals surface area contributed by atoms with Crippen LogP contribution < -0.4 is 5.32 Å². The van der Waals surface area contributed by atoms with E-state index in [2.05, 4.69) is 5.32 Å². The Morgan fingerprint density at radius 3 is 2.64 bits per heavy atom. The predicted octanol–water partition coefficient (Wildman–Crippen LogP) is 1.90. The molecular formula is C9H7F2NOS. The molecule has 0 aliphatic carbocycles. The lowest BCUT2D eigenvalue weighted by atomic mass is 10.3. The molecule has 0 aromatic heterocycles. The second kappa shape index (κ2) is 3.57. The number of rotatable bonds is 2. The number of hydrogen-bond acceptors (Lipinski definition) is 2. The van der Waals surface area contributed by atoms with Crippen LogP contribution in [-0.2, 0) is 4.79 Å². The van der Waals surface area contributed by atoms with E-state index in [9.17, 15) is 13.6 Å². The average Bonchev–Trinajstić information content (AvgIpc) is 2.09. The van der Waals surface area contributed by atoms with Crippen molar-refractivity contribution in [2.24, 2.45) is 0 Å². The second-order valence-corrected chi connectivity index (χ2v) is 4.23. The maximum Gasteiger partial charge on any atom is 0.223 e. The molecule has 1 unspecified atom stereocenters. The molecule has 0 saturated carbocycles. The summed E-state index contributed by atoms with van der Waals surface area (Å²) in [5, 5.41) is 2.63. The van der Waals surface area contributed by atoms with Crippen LogP contribution in [0.25, 0.3) is 0 Å². The first-order valence-corrected chi connectivity index (χ1v) is 4.94. The van der Waals surface area contributed by atoms with Gasteiger partial charge in [-0.3, -0.25) is 4.79 Å². The summed E-state index contributed by atoms with van der Waals surface area (Å²) >= 11 is 1.32. The molecule has 2 rings (SSSR count). The number of amides is 1. The van der Waals surface area contributed by atoms with Crippen molar-refractivity contribution in [3.05, 3.63) is 29.8 Å². The number of thioether (sulfide) groups is 1. The second-order valence-electron chi connectivity index (χ2n) is 2.95. The van der Waals surface area contributed by atoms with Crippen molar-refractivity contribution in [3.8, 4) is 0 Å². The van der Waals surface area contributed by atoms with Gasteiger partial charge in [0, 0.05) is 4.90 Å². The van der Waals surface area contributed by atoms with Crippen LogP contribution in [0.15, 0.2) is 23.1 Å². The zero-order chi connectivity index (χ0) is 10.1. The normalized spacial score (nSPS) is 20.1. The van der Waals surface area contributed by atoms with Gasteiger partial charge in [0.2, 0.25) is 5.91 Å². The number of β-lactam (4-membered cyclic amide) rings is 1. The molecule has 0 spiro atoms. The summed E-state index contributed by atoms with van der Waals surface area (Å²) in [6, 6.07) is 3.70. The van der Waals surface area contributed by atoms with Crippen molar-refractivity contribution in [1.29, 1.82) is 0 Å². The topological polar surface area (TPSA) is 29.1 Å². The molecule has 1 aromatic carbocycles. The van der Waals surface area contributed by atoms with E-state index in [4.69, 9.17) is 0 Å². The van der Waals surface area contributed by atoms with E-state index < -0.39 is 11.6 Å². The van der Waals surface area contributed by atoms with E-state index in [0.717, 1.165) is 12.1 Å². The van der Waals surface area contributed by atoms with Crippen molar-refractivity contribution in [1.82, 2.24) is 5.32 Å². The van der Waals surface area contributed by atoms with E-state index in [1.807, 2.05) is 0 Å². The van der Waals surface area contributed by atoms with E-state index in [0.29, 0.717) is 11.3 Å². The third kappa shape index (κ3) is 1.87. The van der Waals surface area contributed by atoms with Crippen LogP contribution in [-0.4, -0.2) is 11.3 Å². The molecular weight excluding hydrogens is 208 g/mol. The Kier molecular flexibility index (Phi) is 2.41. The number of hydrogen-bond donors (Lipinski definition) is 1. The zero-order valence-corrected chi connectivity index (χ0v) is 7.91. The summed E-state index contributed by atoms with van der Waals surface area (Å²) in [5.74, 6) is -1.72. The van der Waals surface area contributed by atoms with Gasteiger partial charge in [0.05, 0.1) is 11.8 Å². The number of carbonyl (C=O) groups excluding carboxylic acids is 1. The van der Waals surface area contributed by atoms with Crippen molar-refractivity contribution < 1.29 is 13.6 Å². The van der Waals surface area contributed by atoms with Gasteiger partial charge >= 0.3 is 0 Å². The molecule has 1 amide bonds. The Balaban J connectivity index is 2.03. The molecule has 1 N–H and O–H groups in total. The van der Waals surface area contributed by atoms with Crippen LogP contribution in [0.4, 0.5) is 8.78 Å². The predicted molar refractivity (Wildman–Crippen MR) is 48.8 cm³/mol. The van der Waals surface area contributed by atoms with Crippen molar-refractivity contribution in [3.63, 3.8) is 0 Å². The molecule has 1 heterocycles. The van der Waals surface area contributed by atoms with Gasteiger partial charge < -0.3 is 5.32 Å². The monoisotopic (exact) mass is 215 g/mol. The van der Waals surface area contributed by atoms with Gasteiger partial charge in [0.25, 0.3) is 0 Å². The maximum atomic E-state index is 12.8. The molecule has 74 valence electrons. The first-order valence-electron chi connectivity index (χ1n) is 4.06. The summed E-state index contributed by atoms with van der Waals surface area (Å²) in [5.41, 5.74) is 0. The summed E-state index contributed by atoms with van der Waals surface area (Å²) in [6.07, 6.45) is 0.434. The van der Waals surface area contributed by atoms with Crippen LogP contribution in [0.3, 0.4) is 0 Å². The average molecular weight is 215 g/mol. The largest absolute Gasteiger partial charge is 0.343 e. The standard InChI is InChI=1S/C9H7F2NOS/c10-6-2-1-5(3-7(6)11)14-9-4-8(13)12-9/h1-3,9H,4H2,(H,12,13). The van der Waals surface area contributed by atoms with E-state index in [1.54, 1.807) is 0 Å². The molecule has 5 heteroatoms. The molecule has 0 radical (unpaired) electrons. The van der Waals surface area contributed by atoms with Crippen LogP contribution in [0.1, 0.15) is 6.42 Å². The van der Waals surface area contributed by atoms with Crippen LogP contribution >= 0.6 is 11.8 Å². The summed E-state index contributed by atoms with van der Waals surface area (Å²) in [4.78, 5) is 11.2. The number of carbonyl (C=O) groups is 1. The highest BCUT2D eigenvalue weighted by molar-refractivity contribution is 8.00. The lowest BCUT2D eigenvalue weighted by Gasteiger charge is -2.25. The van der Waals surface area contributed by atoms with Gasteiger partial charge in [0.1, 0.15) is 0 Å². The highest BCUT2D eigenvalue weighted by atomic mass is 32.2. The minimum absolute atomic E-state index is 0.00707. The fraction of sp³-hybridized carbons (Fsp3) is 0.222. The van der Waals surface area contributed by atoms with Crippen molar-refractivity contribution in [2.75, 3.05) is 0 Å². The van der Waals surface area contributed by atoms with Crippen LogP contribution in [0.2, 0.25) is 0 Å². The quantitative estimate of drug-likeness (QED) is 0.763. The molecule has 0 bridgehead atoms. The number of nitrogens with one attached hydrogen (secondary N) is 1. The molecule has 1 aromatic rings. The van der Waals surface area contributed by atoms with Gasteiger partial charge in [-0.15, -0.1) is 11.8 Å². The fourth-order valence-electron chi connectivity index (χ4n) is 1.11. The maximum absolute atomic E-state index is 12.8. The highest BCUT2D eigenvalue weighted by Crippen LogP contribution is 2.28. The Morgan fingerprint density at radius 2 is 2.07 bits per heavy atom. The fourth-order valence-corrected chi connectivity index (χ4v) is 2.18.